The molecule has 0 saturated heterocycles. The number of hydrogen-bond donors (Lipinski definition) is 0. The van der Waals surface area contributed by atoms with Gasteiger partial charge in [-0.1, -0.05) is 0 Å². The summed E-state index contributed by atoms with van der Waals surface area (Å²) in [5.74, 6) is 0. The molecule has 0 aromatic rings. The molecule has 1 aliphatic rings. The predicted molar refractivity (Wildman–Crippen MR) is 41.6 cm³/mol. The molecule has 0 heterocycles. The van der Waals surface area contributed by atoms with Crippen LogP contribution in [-0.2, 0) is 19.2 Å². The molecule has 0 nitrogen and oxygen atoms in total. The SMILES string of the molecule is CCC[CH2][Ti+3][C]1=CC=CC1.[I-].[I-].[I-]. The molecule has 0 unspecified atom stereocenters. The molecule has 13 heavy (non-hydrogen) atoms. The molecular formula is C9H14I3Ti. The van der Waals surface area contributed by atoms with Gasteiger partial charge < -0.3 is 71.9 Å². The van der Waals surface area contributed by atoms with Crippen molar-refractivity contribution >= 4 is 0 Å². The second-order valence-corrected chi connectivity index (χ2v) is 4.94. The Morgan fingerprint density at radius 2 is 2.00 bits per heavy atom. The van der Waals surface area contributed by atoms with Crippen LogP contribution in [-0.4, -0.2) is 0 Å². The molecule has 0 aliphatic heterocycles. The van der Waals surface area contributed by atoms with Gasteiger partial charge in [-0.2, -0.15) is 0 Å². The van der Waals surface area contributed by atoms with E-state index < -0.39 is 0 Å². The molecule has 0 aromatic heterocycles. The van der Waals surface area contributed by atoms with Crippen molar-refractivity contribution in [2.45, 2.75) is 30.9 Å². The topological polar surface area (TPSA) is 0 Å². The Kier molecular flexibility index (Phi) is 23.0. The number of hydrogen-bond acceptors (Lipinski definition) is 0. The van der Waals surface area contributed by atoms with E-state index in [0.29, 0.717) is 0 Å². The van der Waals surface area contributed by atoms with Gasteiger partial charge in [0.2, 0.25) is 0 Å². The van der Waals surface area contributed by atoms with Crippen LogP contribution in [0, 0.1) is 0 Å². The molecule has 0 bridgehead atoms. The molecule has 75 valence electrons. The maximum absolute atomic E-state index is 2.32. The van der Waals surface area contributed by atoms with E-state index in [4.69, 9.17) is 0 Å². The molecule has 0 amide bonds. The Labute approximate surface area is 142 Å². The van der Waals surface area contributed by atoms with Crippen molar-refractivity contribution in [2.75, 3.05) is 0 Å². The zero-order valence-electron chi connectivity index (χ0n) is 7.69. The fraction of sp³-hybridized carbons (Fsp3) is 0.556. The fourth-order valence-electron chi connectivity index (χ4n) is 1.00. The molecular weight excluding hydrogens is 537 g/mol. The summed E-state index contributed by atoms with van der Waals surface area (Å²) in [5, 5.41) is 0. The first-order valence-electron chi connectivity index (χ1n) is 4.03. The van der Waals surface area contributed by atoms with E-state index in [1.165, 1.54) is 24.0 Å². The smallest absolute Gasteiger partial charge is 1.00 e. The van der Waals surface area contributed by atoms with E-state index in [1.807, 2.05) is 0 Å². The standard InChI is InChI=1S/C5H5.C4H9.3HI.Ti/c1-2-4-5-3-1;1-3-4-2;;;;/h1-3H,4H2;1,3-4H2,2H3;3*1H;/q;;;;;+3/p-3. The first kappa shape index (κ1) is 20.8. The summed E-state index contributed by atoms with van der Waals surface area (Å²) in [7, 11) is 0. The van der Waals surface area contributed by atoms with Crippen LogP contribution in [0.15, 0.2) is 22.1 Å². The average Bonchev–Trinajstić information content (AvgIpc) is 2.41. The van der Waals surface area contributed by atoms with E-state index in [-0.39, 0.29) is 91.1 Å². The van der Waals surface area contributed by atoms with Crippen molar-refractivity contribution in [1.82, 2.24) is 0 Å². The van der Waals surface area contributed by atoms with Gasteiger partial charge in [-0.05, 0) is 0 Å². The van der Waals surface area contributed by atoms with Gasteiger partial charge in [0, 0.05) is 0 Å². The third-order valence-electron chi connectivity index (χ3n) is 1.65. The minimum atomic E-state index is 0. The third kappa shape index (κ3) is 10.7. The van der Waals surface area contributed by atoms with Crippen molar-refractivity contribution in [3.63, 3.8) is 0 Å². The second kappa shape index (κ2) is 14.4. The van der Waals surface area contributed by atoms with Gasteiger partial charge in [-0.3, -0.25) is 0 Å². The van der Waals surface area contributed by atoms with Crippen LogP contribution in [0.1, 0.15) is 26.2 Å². The number of unbranched alkanes of at least 4 members (excludes halogenated alkanes) is 1. The monoisotopic (exact) mass is 551 g/mol. The Morgan fingerprint density at radius 1 is 1.31 bits per heavy atom. The van der Waals surface area contributed by atoms with Crippen molar-refractivity contribution in [3.05, 3.63) is 22.1 Å². The number of allylic oxidation sites excluding steroid dienone is 4. The normalized spacial score (nSPS) is 11.6. The fourth-order valence-corrected chi connectivity index (χ4v) is 3.08. The van der Waals surface area contributed by atoms with Gasteiger partial charge >= 0.3 is 72.2 Å². The summed E-state index contributed by atoms with van der Waals surface area (Å²) in [5.41, 5.74) is 0. The number of halogens is 3. The van der Waals surface area contributed by atoms with Crippen LogP contribution >= 0.6 is 0 Å². The summed E-state index contributed by atoms with van der Waals surface area (Å²) in [6.07, 6.45) is 10.9. The maximum Gasteiger partial charge on any atom is -1.00 e. The summed E-state index contributed by atoms with van der Waals surface area (Å²) >= 11 is 0.290. The van der Waals surface area contributed by atoms with E-state index >= 15 is 0 Å². The van der Waals surface area contributed by atoms with Gasteiger partial charge in [0.15, 0.2) is 0 Å². The van der Waals surface area contributed by atoms with Crippen LogP contribution in [0.2, 0.25) is 4.73 Å². The average molecular weight is 551 g/mol. The first-order chi connectivity index (χ1) is 4.93. The summed E-state index contributed by atoms with van der Waals surface area (Å²) < 4.78 is 3.25. The Bertz CT molecular complexity index is 155. The summed E-state index contributed by atoms with van der Waals surface area (Å²) in [6, 6.07) is 0. The van der Waals surface area contributed by atoms with E-state index in [1.54, 1.807) is 3.88 Å². The first-order valence-corrected chi connectivity index (χ1v) is 5.91. The zero-order valence-corrected chi connectivity index (χ0v) is 15.7. The Balaban J connectivity index is -0.000000333. The summed E-state index contributed by atoms with van der Waals surface area (Å²) in [4.78, 5) is 0. The van der Waals surface area contributed by atoms with Crippen molar-refractivity contribution in [1.29, 1.82) is 0 Å². The van der Waals surface area contributed by atoms with E-state index in [9.17, 15) is 0 Å². The van der Waals surface area contributed by atoms with Gasteiger partial charge in [-0.25, -0.2) is 0 Å². The molecule has 0 saturated carbocycles. The molecule has 0 spiro atoms. The zero-order chi connectivity index (χ0) is 7.23. The van der Waals surface area contributed by atoms with Crippen LogP contribution in [0.5, 0.6) is 0 Å². The van der Waals surface area contributed by atoms with Crippen molar-refractivity contribution in [3.8, 4) is 0 Å². The molecule has 0 fully saturated rings. The molecule has 1 aliphatic carbocycles. The quantitative estimate of drug-likeness (QED) is 0.186. The van der Waals surface area contributed by atoms with Crippen molar-refractivity contribution in [2.24, 2.45) is 0 Å². The molecule has 0 N–H and O–H groups in total. The second-order valence-electron chi connectivity index (χ2n) is 2.60. The van der Waals surface area contributed by atoms with E-state index in [2.05, 4.69) is 25.2 Å². The van der Waals surface area contributed by atoms with Gasteiger partial charge in [0.1, 0.15) is 0 Å². The van der Waals surface area contributed by atoms with Crippen LogP contribution in [0.4, 0.5) is 0 Å². The third-order valence-corrected chi connectivity index (χ3v) is 3.88. The minimum absolute atomic E-state index is 0. The Hall–Kier alpha value is 2.38. The predicted octanol–water partition coefficient (Wildman–Crippen LogP) is -5.86. The van der Waals surface area contributed by atoms with Gasteiger partial charge in [-0.15, -0.1) is 0 Å². The summed E-state index contributed by atoms with van der Waals surface area (Å²) in [6.45, 7) is 2.27. The molecule has 4 heteroatoms. The van der Waals surface area contributed by atoms with Crippen molar-refractivity contribution < 1.29 is 91.1 Å². The van der Waals surface area contributed by atoms with Crippen LogP contribution in [0.3, 0.4) is 0 Å². The number of rotatable bonds is 4. The largest absolute Gasteiger partial charge is 1.00 e. The molecule has 0 atom stereocenters. The maximum atomic E-state index is 2.32. The van der Waals surface area contributed by atoms with Crippen LogP contribution < -0.4 is 71.9 Å². The Morgan fingerprint density at radius 3 is 2.46 bits per heavy atom. The van der Waals surface area contributed by atoms with Gasteiger partial charge in [0.05, 0.1) is 0 Å². The van der Waals surface area contributed by atoms with Gasteiger partial charge in [0.25, 0.3) is 0 Å². The molecule has 0 aromatic carbocycles. The van der Waals surface area contributed by atoms with E-state index in [0.717, 1.165) is 0 Å². The molecule has 1 rings (SSSR count). The van der Waals surface area contributed by atoms with Crippen LogP contribution in [0.25, 0.3) is 0 Å². The minimum Gasteiger partial charge on any atom is -1.00 e. The molecule has 0 radical (unpaired) electrons.